The van der Waals surface area contributed by atoms with Crippen molar-refractivity contribution >= 4 is 23.8 Å². The van der Waals surface area contributed by atoms with Gasteiger partial charge < -0.3 is 20.5 Å². The van der Waals surface area contributed by atoms with Crippen LogP contribution in [0.25, 0.3) is 0 Å². The molecule has 0 bridgehead atoms. The summed E-state index contributed by atoms with van der Waals surface area (Å²) in [5, 5.41) is 13.3. The Balaban J connectivity index is 0.000000442. The van der Waals surface area contributed by atoms with E-state index in [9.17, 15) is 19.2 Å². The second-order valence-corrected chi connectivity index (χ2v) is 8.36. The molecule has 0 spiro atoms. The molecule has 8 nitrogen and oxygen atoms in total. The van der Waals surface area contributed by atoms with E-state index in [1.54, 1.807) is 0 Å². The van der Waals surface area contributed by atoms with Crippen LogP contribution >= 0.6 is 0 Å². The number of carboxylic acids is 1. The summed E-state index contributed by atoms with van der Waals surface area (Å²) in [6.45, 7) is 2.74. The van der Waals surface area contributed by atoms with Gasteiger partial charge in [0.25, 0.3) is 0 Å². The zero-order valence-electron chi connectivity index (χ0n) is 19.0. The van der Waals surface area contributed by atoms with Gasteiger partial charge in [-0.15, -0.1) is 0 Å². The fraction of sp³-hybridized carbons (Fsp3) is 0.826. The van der Waals surface area contributed by atoms with E-state index in [1.807, 2.05) is 0 Å². The quantitative estimate of drug-likeness (QED) is 0.281. The molecule has 0 aliphatic carbocycles. The van der Waals surface area contributed by atoms with Gasteiger partial charge in [0.05, 0.1) is 6.61 Å². The van der Waals surface area contributed by atoms with Crippen LogP contribution in [0.2, 0.25) is 0 Å². The van der Waals surface area contributed by atoms with E-state index in [0.717, 1.165) is 12.8 Å². The van der Waals surface area contributed by atoms with Gasteiger partial charge in [0.1, 0.15) is 12.1 Å². The molecule has 2 atom stereocenters. The van der Waals surface area contributed by atoms with Crippen LogP contribution in [0, 0.1) is 0 Å². The third-order valence-corrected chi connectivity index (χ3v) is 5.57. The largest absolute Gasteiger partial charge is 0.480 e. The van der Waals surface area contributed by atoms with Gasteiger partial charge in [-0.2, -0.15) is 0 Å². The Morgan fingerprint density at radius 1 is 0.806 bits per heavy atom. The lowest BCUT2D eigenvalue weighted by Crippen LogP contribution is -2.34. The molecule has 2 fully saturated rings. The number of carbonyl (C=O) groups excluding carboxylic acids is 3. The van der Waals surface area contributed by atoms with Crippen LogP contribution in [0.3, 0.4) is 0 Å². The van der Waals surface area contributed by atoms with E-state index >= 15 is 0 Å². The summed E-state index contributed by atoms with van der Waals surface area (Å²) in [6, 6.07) is -1.04. The van der Waals surface area contributed by atoms with Crippen molar-refractivity contribution in [3.63, 3.8) is 0 Å². The number of esters is 1. The van der Waals surface area contributed by atoms with Crippen molar-refractivity contribution in [3.8, 4) is 0 Å². The Labute approximate surface area is 185 Å². The van der Waals surface area contributed by atoms with Crippen molar-refractivity contribution in [3.05, 3.63) is 0 Å². The first-order valence-corrected chi connectivity index (χ1v) is 11.9. The minimum atomic E-state index is -0.944. The molecule has 3 N–H and O–H groups in total. The lowest BCUT2D eigenvalue weighted by molar-refractivity contribution is -0.146. The molecule has 178 valence electrons. The molecule has 0 aromatic rings. The van der Waals surface area contributed by atoms with Crippen molar-refractivity contribution in [2.75, 3.05) is 6.61 Å². The van der Waals surface area contributed by atoms with E-state index in [4.69, 9.17) is 9.84 Å². The van der Waals surface area contributed by atoms with Crippen LogP contribution in [0.5, 0.6) is 0 Å². The lowest BCUT2D eigenvalue weighted by atomic mass is 10.1. The minimum Gasteiger partial charge on any atom is -0.480 e. The molecular formula is C23H40N2O6. The first-order chi connectivity index (χ1) is 14.9. The standard InChI is InChI=1S/C18H33NO3.C5H7NO3/c1-2-3-4-5-6-7-8-9-10-11-12-15-22-18(21)16-13-14-17(20)19-16;7-4-2-1-3(6-4)5(8)9/h16H,2-15H2,1H3,(H,19,20);3H,1-2H2,(H,6,7)(H,8,9)/t16-;3-/m00/s1. The molecule has 2 rings (SSSR count). The molecule has 31 heavy (non-hydrogen) atoms. The van der Waals surface area contributed by atoms with Crippen molar-refractivity contribution in [1.82, 2.24) is 10.6 Å². The maximum atomic E-state index is 11.6. The van der Waals surface area contributed by atoms with E-state index in [1.165, 1.54) is 57.8 Å². The Hall–Kier alpha value is -2.12. The summed E-state index contributed by atoms with van der Waals surface area (Å²) in [7, 11) is 0. The van der Waals surface area contributed by atoms with E-state index in [0.29, 0.717) is 32.3 Å². The predicted molar refractivity (Wildman–Crippen MR) is 117 cm³/mol. The first kappa shape index (κ1) is 26.9. The number of amides is 2. The second-order valence-electron chi connectivity index (χ2n) is 8.36. The van der Waals surface area contributed by atoms with Gasteiger partial charge in [-0.25, -0.2) is 9.59 Å². The summed E-state index contributed by atoms with van der Waals surface area (Å²) in [5.41, 5.74) is 0. The summed E-state index contributed by atoms with van der Waals surface area (Å²) in [4.78, 5) is 43.2. The summed E-state index contributed by atoms with van der Waals surface area (Å²) < 4.78 is 5.20. The molecule has 2 amide bonds. The molecular weight excluding hydrogens is 400 g/mol. The minimum absolute atomic E-state index is 0.0448. The molecule has 2 saturated heterocycles. The topological polar surface area (TPSA) is 122 Å². The van der Waals surface area contributed by atoms with Crippen molar-refractivity contribution in [2.24, 2.45) is 0 Å². The number of unbranched alkanes of at least 4 members (excludes halogenated alkanes) is 10. The number of hydrogen-bond acceptors (Lipinski definition) is 5. The Morgan fingerprint density at radius 3 is 1.65 bits per heavy atom. The van der Waals surface area contributed by atoms with Crippen LogP contribution < -0.4 is 10.6 Å². The Morgan fingerprint density at radius 2 is 1.26 bits per heavy atom. The number of carboxylic acid groups (broad SMARTS) is 1. The van der Waals surface area contributed by atoms with E-state index in [2.05, 4.69) is 17.6 Å². The van der Waals surface area contributed by atoms with Crippen LogP contribution in [0.15, 0.2) is 0 Å². The molecule has 0 aromatic carbocycles. The number of nitrogens with one attached hydrogen (secondary N) is 2. The predicted octanol–water partition coefficient (Wildman–Crippen LogP) is 3.47. The monoisotopic (exact) mass is 440 g/mol. The van der Waals surface area contributed by atoms with Crippen LogP contribution in [-0.2, 0) is 23.9 Å². The van der Waals surface area contributed by atoms with Gasteiger partial charge in [-0.3, -0.25) is 9.59 Å². The van der Waals surface area contributed by atoms with Crippen LogP contribution in [0.4, 0.5) is 0 Å². The fourth-order valence-corrected chi connectivity index (χ4v) is 3.63. The van der Waals surface area contributed by atoms with Gasteiger partial charge in [0.2, 0.25) is 11.8 Å². The Kier molecular flexibility index (Phi) is 14.4. The van der Waals surface area contributed by atoms with Crippen LogP contribution in [0.1, 0.15) is 103 Å². The third-order valence-electron chi connectivity index (χ3n) is 5.57. The highest BCUT2D eigenvalue weighted by Gasteiger charge is 2.28. The Bertz CT molecular complexity index is 566. The molecule has 2 aliphatic rings. The highest BCUT2D eigenvalue weighted by Crippen LogP contribution is 2.12. The van der Waals surface area contributed by atoms with E-state index < -0.39 is 18.1 Å². The number of ether oxygens (including phenoxy) is 1. The highest BCUT2D eigenvalue weighted by molar-refractivity contribution is 5.88. The van der Waals surface area contributed by atoms with Crippen LogP contribution in [-0.4, -0.2) is 47.6 Å². The molecule has 0 radical (unpaired) electrons. The normalized spacial score (nSPS) is 19.9. The molecule has 0 aromatic heterocycles. The number of hydrogen-bond donors (Lipinski definition) is 3. The first-order valence-electron chi connectivity index (χ1n) is 11.9. The number of carbonyl (C=O) groups is 4. The van der Waals surface area contributed by atoms with Gasteiger partial charge in [0.15, 0.2) is 0 Å². The van der Waals surface area contributed by atoms with Crippen molar-refractivity contribution in [1.29, 1.82) is 0 Å². The van der Waals surface area contributed by atoms with Gasteiger partial charge in [-0.1, -0.05) is 71.1 Å². The summed E-state index contributed by atoms with van der Waals surface area (Å²) in [5.74, 6) is -1.42. The maximum absolute atomic E-state index is 11.6. The molecule has 8 heteroatoms. The van der Waals surface area contributed by atoms with Gasteiger partial charge >= 0.3 is 11.9 Å². The zero-order valence-corrected chi connectivity index (χ0v) is 19.0. The zero-order chi connectivity index (χ0) is 22.9. The molecule has 2 heterocycles. The highest BCUT2D eigenvalue weighted by atomic mass is 16.5. The smallest absolute Gasteiger partial charge is 0.328 e. The average Bonchev–Trinajstić information content (AvgIpc) is 3.37. The summed E-state index contributed by atoms with van der Waals surface area (Å²) >= 11 is 0. The SMILES string of the molecule is CCCCCCCCCCCCCOC(=O)[C@@H]1CCC(=O)N1.O=C1CC[C@@H](C(=O)O)N1. The van der Waals surface area contributed by atoms with E-state index in [-0.39, 0.29) is 17.8 Å². The third kappa shape index (κ3) is 13.0. The van der Waals surface area contributed by atoms with Crippen molar-refractivity contribution in [2.45, 2.75) is 115 Å². The average molecular weight is 441 g/mol. The molecule has 0 saturated carbocycles. The van der Waals surface area contributed by atoms with Gasteiger partial charge in [-0.05, 0) is 19.3 Å². The number of rotatable bonds is 14. The summed E-state index contributed by atoms with van der Waals surface area (Å²) in [6.07, 6.45) is 15.9. The second kappa shape index (κ2) is 16.6. The molecule has 2 aliphatic heterocycles. The van der Waals surface area contributed by atoms with Crippen molar-refractivity contribution < 1.29 is 29.0 Å². The lowest BCUT2D eigenvalue weighted by Gasteiger charge is -2.09. The van der Waals surface area contributed by atoms with Gasteiger partial charge in [0, 0.05) is 12.8 Å². The number of aliphatic carboxylic acids is 1. The fourth-order valence-electron chi connectivity index (χ4n) is 3.63. The molecule has 0 unspecified atom stereocenters. The maximum Gasteiger partial charge on any atom is 0.328 e.